The van der Waals surface area contributed by atoms with Crippen molar-refractivity contribution in [2.45, 2.75) is 81.2 Å². The van der Waals surface area contributed by atoms with Gasteiger partial charge in [0.05, 0.1) is 11.8 Å². The summed E-state index contributed by atoms with van der Waals surface area (Å²) in [5.74, 6) is -0.786. The minimum atomic E-state index is -0.786. The van der Waals surface area contributed by atoms with Crippen molar-refractivity contribution in [1.29, 1.82) is 0 Å². The van der Waals surface area contributed by atoms with Gasteiger partial charge in [0, 0.05) is 12.1 Å². The van der Waals surface area contributed by atoms with Gasteiger partial charge >= 0.3 is 5.69 Å². The second-order valence-corrected chi connectivity index (χ2v) is 5.05. The molecule has 8 heteroatoms. The number of aromatic amines is 2. The van der Waals surface area contributed by atoms with Crippen LogP contribution in [0.25, 0.3) is 0 Å². The first-order valence-electron chi connectivity index (χ1n) is 10.6. The average molecular weight is 428 g/mol. The summed E-state index contributed by atoms with van der Waals surface area (Å²) in [4.78, 5) is 47.4. The summed E-state index contributed by atoms with van der Waals surface area (Å²) in [5, 5.41) is 0. The highest BCUT2D eigenvalue weighted by Gasteiger charge is 2.02. The molecule has 2 aromatic rings. The van der Waals surface area contributed by atoms with Gasteiger partial charge in [-0.2, -0.15) is 4.39 Å². The van der Waals surface area contributed by atoms with E-state index >= 15 is 0 Å². The summed E-state index contributed by atoms with van der Waals surface area (Å²) in [6.07, 6.45) is 2.97. The molecule has 0 saturated carbocycles. The molecule has 0 aliphatic rings. The van der Waals surface area contributed by atoms with Crippen LogP contribution >= 0.6 is 0 Å². The van der Waals surface area contributed by atoms with Crippen LogP contribution in [-0.4, -0.2) is 20.8 Å². The van der Waals surface area contributed by atoms with Crippen molar-refractivity contribution in [3.63, 3.8) is 0 Å². The summed E-state index contributed by atoms with van der Waals surface area (Å²) in [7, 11) is 0. The molecule has 0 aliphatic carbocycles. The van der Waals surface area contributed by atoms with Crippen molar-refractivity contribution in [2.75, 3.05) is 0 Å². The number of hydrogen-bond donors (Lipinski definition) is 2. The number of aromatic nitrogens is 3. The van der Waals surface area contributed by atoms with Gasteiger partial charge in [-0.3, -0.25) is 23.9 Å². The number of carbonyl (C=O) groups excluding carboxylic acids is 1. The molecule has 0 atom stereocenters. The zero-order chi connectivity index (χ0) is 24.1. The third-order valence-electron chi connectivity index (χ3n) is 3.09. The van der Waals surface area contributed by atoms with Crippen LogP contribution in [0.15, 0.2) is 32.6 Å². The maximum absolute atomic E-state index is 12.8. The van der Waals surface area contributed by atoms with E-state index in [1.54, 1.807) is 12.1 Å². The van der Waals surface area contributed by atoms with E-state index in [1.165, 1.54) is 0 Å². The minimum Gasteiger partial charge on any atom is -0.319 e. The van der Waals surface area contributed by atoms with Crippen LogP contribution in [0.1, 0.15) is 84.3 Å². The number of rotatable bonds is 5. The lowest BCUT2D eigenvalue weighted by Crippen LogP contribution is -2.31. The Hall–Kier alpha value is -2.77. The summed E-state index contributed by atoms with van der Waals surface area (Å²) in [5.41, 5.74) is -0.476. The monoisotopic (exact) mass is 427 g/mol. The Kier molecular flexibility index (Phi) is 22.3. The molecule has 0 bridgehead atoms. The summed E-state index contributed by atoms with van der Waals surface area (Å²) < 4.78 is 13.7. The van der Waals surface area contributed by atoms with Gasteiger partial charge in [-0.15, -0.1) is 0 Å². The number of hydrogen-bond acceptors (Lipinski definition) is 4. The highest BCUT2D eigenvalue weighted by Crippen LogP contribution is 1.96. The van der Waals surface area contributed by atoms with Gasteiger partial charge < -0.3 is 4.98 Å². The third kappa shape index (κ3) is 12.6. The van der Waals surface area contributed by atoms with Crippen LogP contribution in [0, 0.1) is 5.95 Å². The van der Waals surface area contributed by atoms with Gasteiger partial charge in [-0.1, -0.05) is 67.9 Å². The molecule has 30 heavy (non-hydrogen) atoms. The van der Waals surface area contributed by atoms with Crippen molar-refractivity contribution in [1.82, 2.24) is 14.5 Å². The largest absolute Gasteiger partial charge is 0.330 e. The number of nitrogens with zero attached hydrogens (tertiary/aromatic N) is 1. The van der Waals surface area contributed by atoms with Gasteiger partial charge in [0.25, 0.3) is 11.1 Å². The van der Waals surface area contributed by atoms with Crippen LogP contribution in [0.2, 0.25) is 0 Å². The molecule has 2 aromatic heterocycles. The van der Waals surface area contributed by atoms with Gasteiger partial charge in [0.15, 0.2) is 6.29 Å². The van der Waals surface area contributed by atoms with Crippen molar-refractivity contribution in [3.05, 3.63) is 66.6 Å². The lowest BCUT2D eigenvalue weighted by atomic mass is 10.1. The molecular formula is C22H38FN3O4. The summed E-state index contributed by atoms with van der Waals surface area (Å²) in [6, 6.07) is 4.09. The van der Waals surface area contributed by atoms with Crippen LogP contribution in [0.4, 0.5) is 4.39 Å². The maximum atomic E-state index is 12.8. The normalized spacial score (nSPS) is 8.57. The molecule has 0 fully saturated rings. The topological polar surface area (TPSA) is 105 Å². The molecule has 7 nitrogen and oxygen atoms in total. The predicted molar refractivity (Wildman–Crippen MR) is 122 cm³/mol. The fraction of sp³-hybridized carbons (Fsp3) is 0.545. The lowest BCUT2D eigenvalue weighted by Gasteiger charge is -2.02. The highest BCUT2D eigenvalue weighted by molar-refractivity contribution is 5.71. The average Bonchev–Trinajstić information content (AvgIpc) is 2.77. The van der Waals surface area contributed by atoms with Crippen molar-refractivity contribution >= 4 is 6.29 Å². The number of aldehydes is 1. The Morgan fingerprint density at radius 1 is 0.933 bits per heavy atom. The SMILES string of the molecule is CC.CC.CC.CCCc1ccc(C=O)[nH]c1=O.CCCn1c(F)cc(=O)[nH]c1=O. The van der Waals surface area contributed by atoms with E-state index in [4.69, 9.17) is 0 Å². The fourth-order valence-corrected chi connectivity index (χ4v) is 1.98. The van der Waals surface area contributed by atoms with Crippen LogP contribution in [0.5, 0.6) is 0 Å². The number of aryl methyl sites for hydroxylation is 1. The number of pyridine rings is 1. The Bertz CT molecular complexity index is 854. The Morgan fingerprint density at radius 3 is 1.90 bits per heavy atom. The van der Waals surface area contributed by atoms with E-state index in [9.17, 15) is 23.6 Å². The van der Waals surface area contributed by atoms with E-state index in [-0.39, 0.29) is 12.1 Å². The molecule has 0 amide bonds. The number of carbonyl (C=O) groups is 1. The van der Waals surface area contributed by atoms with E-state index in [0.29, 0.717) is 18.4 Å². The molecule has 0 saturated heterocycles. The number of H-pyrrole nitrogens is 2. The predicted octanol–water partition coefficient (Wildman–Crippen LogP) is 4.30. The molecule has 0 aromatic carbocycles. The van der Waals surface area contributed by atoms with Crippen LogP contribution < -0.4 is 16.8 Å². The summed E-state index contributed by atoms with van der Waals surface area (Å²) >= 11 is 0. The first-order valence-corrected chi connectivity index (χ1v) is 10.6. The van der Waals surface area contributed by atoms with Crippen LogP contribution in [-0.2, 0) is 13.0 Å². The third-order valence-corrected chi connectivity index (χ3v) is 3.09. The second-order valence-electron chi connectivity index (χ2n) is 5.05. The smallest absolute Gasteiger partial charge is 0.319 e. The first-order chi connectivity index (χ1) is 14.4. The highest BCUT2D eigenvalue weighted by atomic mass is 19.1. The first kappa shape index (κ1) is 31.9. The minimum absolute atomic E-state index is 0.151. The molecule has 172 valence electrons. The molecule has 2 heterocycles. The van der Waals surface area contributed by atoms with Gasteiger partial charge in [0.1, 0.15) is 0 Å². The lowest BCUT2D eigenvalue weighted by molar-refractivity contribution is 0.111. The van der Waals surface area contributed by atoms with Crippen molar-refractivity contribution < 1.29 is 9.18 Å². The molecule has 0 unspecified atom stereocenters. The molecule has 0 spiro atoms. The number of nitrogens with one attached hydrogen (secondary N) is 2. The van der Waals surface area contributed by atoms with Crippen molar-refractivity contribution in [2.24, 2.45) is 0 Å². The second kappa shape index (κ2) is 21.0. The zero-order valence-electron chi connectivity index (χ0n) is 19.6. The van der Waals surface area contributed by atoms with E-state index in [2.05, 4.69) is 4.98 Å². The zero-order valence-corrected chi connectivity index (χ0v) is 19.6. The number of halogens is 1. The van der Waals surface area contributed by atoms with Crippen LogP contribution in [0.3, 0.4) is 0 Å². The molecule has 0 aliphatic heterocycles. The fourth-order valence-electron chi connectivity index (χ4n) is 1.98. The Labute approximate surface area is 178 Å². The quantitative estimate of drug-likeness (QED) is 0.548. The Balaban J connectivity index is -0.000000389. The van der Waals surface area contributed by atoms with E-state index < -0.39 is 17.2 Å². The standard InChI is InChI=1S/C9H11NO2.C7H9FN2O2.3C2H6/c1-2-3-7-4-5-8(6-11)10-9(7)12;1-2-3-10-5(8)4-6(11)9-7(10)12;3*1-2/h4-6H,2-3H2,1H3,(H,10,12);4H,2-3H2,1H3,(H,9,11,12);3*1-2H3. The molecular weight excluding hydrogens is 389 g/mol. The maximum Gasteiger partial charge on any atom is 0.330 e. The van der Waals surface area contributed by atoms with Crippen molar-refractivity contribution in [3.8, 4) is 0 Å². The van der Waals surface area contributed by atoms with Gasteiger partial charge in [0.2, 0.25) is 5.95 Å². The molecule has 0 radical (unpaired) electrons. The summed E-state index contributed by atoms with van der Waals surface area (Å²) in [6.45, 7) is 16.1. The van der Waals surface area contributed by atoms with Gasteiger partial charge in [-0.25, -0.2) is 4.79 Å². The van der Waals surface area contributed by atoms with Gasteiger partial charge in [-0.05, 0) is 18.9 Å². The molecule has 2 N–H and O–H groups in total. The molecule has 2 rings (SSSR count). The Morgan fingerprint density at radius 2 is 1.50 bits per heavy atom. The van der Waals surface area contributed by atoms with E-state index in [0.717, 1.165) is 29.0 Å². The van der Waals surface area contributed by atoms with E-state index in [1.807, 2.05) is 60.4 Å².